The van der Waals surface area contributed by atoms with Gasteiger partial charge in [0.2, 0.25) is 0 Å². The zero-order chi connectivity index (χ0) is 17.5. The van der Waals surface area contributed by atoms with Crippen LogP contribution in [0.5, 0.6) is 5.75 Å². The number of nitrogens with zero attached hydrogens (tertiary/aromatic N) is 1. The Morgan fingerprint density at radius 3 is 2.21 bits per heavy atom. The first-order valence-corrected chi connectivity index (χ1v) is 9.16. The fourth-order valence-corrected chi connectivity index (χ4v) is 3.37. The maximum absolute atomic E-state index is 6.26. The first-order chi connectivity index (χ1) is 11.2. The molecule has 132 valence electrons. The highest BCUT2D eigenvalue weighted by molar-refractivity contribution is 6.62. The van der Waals surface area contributed by atoms with Gasteiger partial charge in [-0.15, -0.1) is 0 Å². The van der Waals surface area contributed by atoms with Crippen molar-refractivity contribution >= 4 is 12.6 Å². The Bertz CT molecular complexity index is 578. The zero-order valence-electron chi connectivity index (χ0n) is 15.9. The highest BCUT2D eigenvalue weighted by Gasteiger charge is 2.52. The van der Waals surface area contributed by atoms with Gasteiger partial charge < -0.3 is 14.0 Å². The van der Waals surface area contributed by atoms with E-state index in [1.54, 1.807) is 0 Å². The molecule has 2 aliphatic rings. The van der Waals surface area contributed by atoms with Gasteiger partial charge in [-0.3, -0.25) is 4.98 Å². The molecule has 4 nitrogen and oxygen atoms in total. The summed E-state index contributed by atoms with van der Waals surface area (Å²) in [5, 5.41) is 0. The van der Waals surface area contributed by atoms with Crippen LogP contribution in [-0.2, 0) is 9.31 Å². The first-order valence-electron chi connectivity index (χ1n) is 9.16. The second-order valence-corrected chi connectivity index (χ2v) is 8.44. The van der Waals surface area contributed by atoms with Crippen LogP contribution in [0.15, 0.2) is 12.4 Å². The topological polar surface area (TPSA) is 40.6 Å². The molecular formula is C19H30BNO3. The molecule has 1 saturated carbocycles. The van der Waals surface area contributed by atoms with Crippen molar-refractivity contribution in [3.8, 4) is 5.75 Å². The highest BCUT2D eigenvalue weighted by atomic mass is 16.7. The van der Waals surface area contributed by atoms with Crippen LogP contribution in [0.4, 0.5) is 0 Å². The molecule has 0 N–H and O–H groups in total. The van der Waals surface area contributed by atoms with Gasteiger partial charge in [-0.25, -0.2) is 0 Å². The Morgan fingerprint density at radius 2 is 1.62 bits per heavy atom. The summed E-state index contributed by atoms with van der Waals surface area (Å²) in [5.41, 5.74) is 1.35. The molecule has 0 radical (unpaired) electrons. The molecule has 0 amide bonds. The van der Waals surface area contributed by atoms with Gasteiger partial charge in [0.25, 0.3) is 0 Å². The molecule has 0 bridgehead atoms. The maximum Gasteiger partial charge on any atom is 0.496 e. The molecule has 1 aliphatic carbocycles. The van der Waals surface area contributed by atoms with Crippen LogP contribution in [0.1, 0.15) is 65.9 Å². The number of pyridine rings is 1. The first kappa shape index (κ1) is 17.7. The van der Waals surface area contributed by atoms with Gasteiger partial charge in [-0.1, -0.05) is 6.92 Å². The average Bonchev–Trinajstić information content (AvgIpc) is 2.72. The zero-order valence-corrected chi connectivity index (χ0v) is 15.9. The summed E-state index contributed by atoms with van der Waals surface area (Å²) >= 11 is 0. The summed E-state index contributed by atoms with van der Waals surface area (Å²) in [6.45, 7) is 12.7. The van der Waals surface area contributed by atoms with E-state index in [0.29, 0.717) is 6.10 Å². The second kappa shape index (κ2) is 6.34. The summed E-state index contributed by atoms with van der Waals surface area (Å²) in [6, 6.07) is 0. The van der Waals surface area contributed by atoms with Crippen molar-refractivity contribution < 1.29 is 14.0 Å². The SMILES string of the molecule is Cc1c(OC2CCC(C)CC2)cncc1B1OC(C)(C)C(C)(C)O1. The van der Waals surface area contributed by atoms with Gasteiger partial charge in [-0.2, -0.15) is 0 Å². The molecule has 0 spiro atoms. The Balaban J connectivity index is 1.77. The largest absolute Gasteiger partial charge is 0.496 e. The van der Waals surface area contributed by atoms with E-state index < -0.39 is 7.12 Å². The molecule has 3 rings (SSSR count). The van der Waals surface area contributed by atoms with Crippen molar-refractivity contribution in [2.24, 2.45) is 5.92 Å². The lowest BCUT2D eigenvalue weighted by molar-refractivity contribution is 0.00578. The smallest absolute Gasteiger partial charge is 0.489 e. The van der Waals surface area contributed by atoms with E-state index in [1.165, 1.54) is 12.8 Å². The monoisotopic (exact) mass is 331 g/mol. The minimum Gasteiger partial charge on any atom is -0.489 e. The third-order valence-electron chi connectivity index (χ3n) is 5.97. The molecule has 0 unspecified atom stereocenters. The number of ether oxygens (including phenoxy) is 1. The van der Waals surface area contributed by atoms with Crippen LogP contribution in [-0.4, -0.2) is 29.4 Å². The lowest BCUT2D eigenvalue weighted by Crippen LogP contribution is -2.41. The molecule has 0 atom stereocenters. The molecular weight excluding hydrogens is 301 g/mol. The minimum absolute atomic E-state index is 0.301. The van der Waals surface area contributed by atoms with Crippen molar-refractivity contribution in [1.82, 2.24) is 4.98 Å². The van der Waals surface area contributed by atoms with Gasteiger partial charge >= 0.3 is 7.12 Å². The molecule has 2 fully saturated rings. The van der Waals surface area contributed by atoms with Crippen molar-refractivity contribution in [1.29, 1.82) is 0 Å². The van der Waals surface area contributed by atoms with Gasteiger partial charge in [-0.05, 0) is 71.8 Å². The fraction of sp³-hybridized carbons (Fsp3) is 0.737. The summed E-state index contributed by atoms with van der Waals surface area (Å²) in [5.74, 6) is 1.68. The van der Waals surface area contributed by atoms with Crippen LogP contribution < -0.4 is 10.2 Å². The van der Waals surface area contributed by atoms with Crippen LogP contribution in [0.2, 0.25) is 0 Å². The number of rotatable bonds is 3. The summed E-state index contributed by atoms with van der Waals surface area (Å²) in [7, 11) is -0.391. The highest BCUT2D eigenvalue weighted by Crippen LogP contribution is 2.37. The van der Waals surface area contributed by atoms with E-state index in [-0.39, 0.29) is 11.2 Å². The molecule has 1 aromatic heterocycles. The molecule has 1 saturated heterocycles. The number of hydrogen-bond donors (Lipinski definition) is 0. The van der Waals surface area contributed by atoms with E-state index in [4.69, 9.17) is 14.0 Å². The predicted molar refractivity (Wildman–Crippen MR) is 96.7 cm³/mol. The molecule has 1 aliphatic heterocycles. The van der Waals surface area contributed by atoms with E-state index >= 15 is 0 Å². The minimum atomic E-state index is -0.391. The van der Waals surface area contributed by atoms with Crippen LogP contribution >= 0.6 is 0 Å². The van der Waals surface area contributed by atoms with E-state index in [0.717, 1.165) is 35.5 Å². The average molecular weight is 331 g/mol. The standard InChI is InChI=1S/C19H30BNO3/c1-13-7-9-15(10-8-13)22-17-12-21-11-16(14(17)2)20-23-18(3,4)19(5,6)24-20/h11-13,15H,7-10H2,1-6H3. The Kier molecular flexibility index (Phi) is 4.69. The van der Waals surface area contributed by atoms with E-state index in [9.17, 15) is 0 Å². The van der Waals surface area contributed by atoms with Gasteiger partial charge in [0.1, 0.15) is 5.75 Å². The van der Waals surface area contributed by atoms with Crippen molar-refractivity contribution in [3.63, 3.8) is 0 Å². The van der Waals surface area contributed by atoms with Gasteiger partial charge in [0, 0.05) is 11.7 Å². The summed E-state index contributed by atoms with van der Waals surface area (Å²) in [6.07, 6.45) is 8.70. The third-order valence-corrected chi connectivity index (χ3v) is 5.97. The number of aromatic nitrogens is 1. The maximum atomic E-state index is 6.26. The number of hydrogen-bond acceptors (Lipinski definition) is 4. The fourth-order valence-electron chi connectivity index (χ4n) is 3.37. The molecule has 24 heavy (non-hydrogen) atoms. The quantitative estimate of drug-likeness (QED) is 0.793. The van der Waals surface area contributed by atoms with Gasteiger partial charge in [0.15, 0.2) is 0 Å². The van der Waals surface area contributed by atoms with Crippen LogP contribution in [0.25, 0.3) is 0 Å². The van der Waals surface area contributed by atoms with Crippen molar-refractivity contribution in [2.45, 2.75) is 84.5 Å². The Labute approximate surface area is 146 Å². The third kappa shape index (κ3) is 3.34. The van der Waals surface area contributed by atoms with E-state index in [2.05, 4.69) is 46.5 Å². The van der Waals surface area contributed by atoms with Crippen LogP contribution in [0.3, 0.4) is 0 Å². The van der Waals surface area contributed by atoms with Gasteiger partial charge in [0.05, 0.1) is 23.5 Å². The van der Waals surface area contributed by atoms with Crippen molar-refractivity contribution in [2.75, 3.05) is 0 Å². The second-order valence-electron chi connectivity index (χ2n) is 8.44. The predicted octanol–water partition coefficient (Wildman–Crippen LogP) is 3.65. The normalized spacial score (nSPS) is 28.8. The molecule has 1 aromatic rings. The lowest BCUT2D eigenvalue weighted by Gasteiger charge is -2.32. The summed E-state index contributed by atoms with van der Waals surface area (Å²) < 4.78 is 18.6. The lowest BCUT2D eigenvalue weighted by atomic mass is 9.77. The molecule has 2 heterocycles. The molecule has 5 heteroatoms. The van der Waals surface area contributed by atoms with E-state index in [1.807, 2.05) is 12.4 Å². The molecule has 0 aromatic carbocycles. The van der Waals surface area contributed by atoms with Crippen molar-refractivity contribution in [3.05, 3.63) is 18.0 Å². The Hall–Kier alpha value is -1.07. The van der Waals surface area contributed by atoms with Crippen LogP contribution in [0, 0.1) is 12.8 Å². The Morgan fingerprint density at radius 1 is 1.04 bits per heavy atom. The summed E-state index contributed by atoms with van der Waals surface area (Å²) in [4.78, 5) is 4.38.